The zero-order valence-corrected chi connectivity index (χ0v) is 10.8. The van der Waals surface area contributed by atoms with Gasteiger partial charge in [0.15, 0.2) is 0 Å². The number of amidine groups is 1. The molecule has 0 radical (unpaired) electrons. The standard InChI is InChI=1S/C12H17BrN2/c1-9(2)8-15-12(14)7-10-5-3-4-6-11(10)13/h3-6,9H,7-8H2,1-2H3,(H2,14,15). The fourth-order valence-corrected chi connectivity index (χ4v) is 1.62. The molecule has 0 amide bonds. The number of halogens is 1. The van der Waals surface area contributed by atoms with E-state index in [4.69, 9.17) is 5.73 Å². The van der Waals surface area contributed by atoms with E-state index in [1.807, 2.05) is 18.2 Å². The molecule has 0 bridgehead atoms. The second-order valence-electron chi connectivity index (χ2n) is 3.99. The summed E-state index contributed by atoms with van der Waals surface area (Å²) in [5.41, 5.74) is 7.03. The third-order valence-electron chi connectivity index (χ3n) is 1.99. The number of benzene rings is 1. The van der Waals surface area contributed by atoms with Gasteiger partial charge in [0.05, 0.1) is 5.84 Å². The van der Waals surface area contributed by atoms with E-state index in [-0.39, 0.29) is 0 Å². The van der Waals surface area contributed by atoms with Gasteiger partial charge in [-0.05, 0) is 17.5 Å². The highest BCUT2D eigenvalue weighted by Crippen LogP contribution is 2.16. The van der Waals surface area contributed by atoms with Crippen LogP contribution in [-0.4, -0.2) is 12.4 Å². The van der Waals surface area contributed by atoms with Crippen molar-refractivity contribution in [2.45, 2.75) is 20.3 Å². The van der Waals surface area contributed by atoms with Crippen LogP contribution in [0.4, 0.5) is 0 Å². The van der Waals surface area contributed by atoms with Crippen molar-refractivity contribution in [3.05, 3.63) is 34.3 Å². The fourth-order valence-electron chi connectivity index (χ4n) is 1.19. The van der Waals surface area contributed by atoms with Gasteiger partial charge in [-0.15, -0.1) is 0 Å². The van der Waals surface area contributed by atoms with E-state index < -0.39 is 0 Å². The van der Waals surface area contributed by atoms with Crippen molar-refractivity contribution < 1.29 is 0 Å². The maximum Gasteiger partial charge on any atom is 0.0981 e. The highest BCUT2D eigenvalue weighted by atomic mass is 79.9. The Morgan fingerprint density at radius 1 is 1.40 bits per heavy atom. The van der Waals surface area contributed by atoms with Gasteiger partial charge in [0.25, 0.3) is 0 Å². The molecular formula is C12H17BrN2. The van der Waals surface area contributed by atoms with Gasteiger partial charge in [-0.1, -0.05) is 48.0 Å². The topological polar surface area (TPSA) is 38.4 Å². The van der Waals surface area contributed by atoms with Gasteiger partial charge in [-0.25, -0.2) is 0 Å². The summed E-state index contributed by atoms with van der Waals surface area (Å²) in [7, 11) is 0. The van der Waals surface area contributed by atoms with Crippen LogP contribution in [0.5, 0.6) is 0 Å². The second kappa shape index (κ2) is 5.91. The molecule has 0 heterocycles. The Balaban J connectivity index is 2.62. The van der Waals surface area contributed by atoms with Crippen molar-refractivity contribution in [1.29, 1.82) is 0 Å². The minimum Gasteiger partial charge on any atom is -0.387 e. The molecular weight excluding hydrogens is 252 g/mol. The van der Waals surface area contributed by atoms with E-state index in [2.05, 4.69) is 40.8 Å². The van der Waals surface area contributed by atoms with Gasteiger partial charge in [0, 0.05) is 17.4 Å². The number of hydrogen-bond donors (Lipinski definition) is 1. The highest BCUT2D eigenvalue weighted by Gasteiger charge is 2.01. The normalized spacial score (nSPS) is 12.1. The first-order valence-corrected chi connectivity index (χ1v) is 5.91. The molecule has 1 aromatic rings. The molecule has 0 unspecified atom stereocenters. The zero-order chi connectivity index (χ0) is 11.3. The quantitative estimate of drug-likeness (QED) is 0.662. The van der Waals surface area contributed by atoms with Crippen LogP contribution in [0.15, 0.2) is 33.7 Å². The molecule has 0 atom stereocenters. The van der Waals surface area contributed by atoms with Crippen LogP contribution < -0.4 is 5.73 Å². The van der Waals surface area contributed by atoms with Gasteiger partial charge in [-0.3, -0.25) is 4.99 Å². The Bertz CT molecular complexity index is 345. The molecule has 0 fully saturated rings. The molecule has 0 aromatic heterocycles. The van der Waals surface area contributed by atoms with E-state index in [0.29, 0.717) is 18.2 Å². The predicted octanol–water partition coefficient (Wildman–Crippen LogP) is 3.00. The van der Waals surface area contributed by atoms with Crippen LogP contribution in [0.25, 0.3) is 0 Å². The molecule has 0 aliphatic rings. The maximum atomic E-state index is 5.85. The lowest BCUT2D eigenvalue weighted by Gasteiger charge is -2.05. The summed E-state index contributed by atoms with van der Waals surface area (Å²) < 4.78 is 1.09. The fraction of sp³-hybridized carbons (Fsp3) is 0.417. The van der Waals surface area contributed by atoms with Gasteiger partial charge in [0.1, 0.15) is 0 Å². The molecule has 0 saturated heterocycles. The first-order chi connectivity index (χ1) is 7.09. The Morgan fingerprint density at radius 2 is 2.07 bits per heavy atom. The highest BCUT2D eigenvalue weighted by molar-refractivity contribution is 9.10. The number of rotatable bonds is 4. The third-order valence-corrected chi connectivity index (χ3v) is 2.76. The molecule has 0 aliphatic heterocycles. The minimum absolute atomic E-state index is 0.558. The van der Waals surface area contributed by atoms with Crippen LogP contribution in [0.2, 0.25) is 0 Å². The van der Waals surface area contributed by atoms with Gasteiger partial charge in [0.2, 0.25) is 0 Å². The number of nitrogens with two attached hydrogens (primary N) is 1. The van der Waals surface area contributed by atoms with Gasteiger partial charge >= 0.3 is 0 Å². The molecule has 1 aromatic carbocycles. The van der Waals surface area contributed by atoms with Crippen molar-refractivity contribution in [1.82, 2.24) is 0 Å². The van der Waals surface area contributed by atoms with Crippen molar-refractivity contribution in [2.75, 3.05) is 6.54 Å². The SMILES string of the molecule is CC(C)CN=C(N)Cc1ccccc1Br. The summed E-state index contributed by atoms with van der Waals surface area (Å²) in [5.74, 6) is 1.26. The summed E-state index contributed by atoms with van der Waals surface area (Å²) in [4.78, 5) is 4.33. The van der Waals surface area contributed by atoms with Crippen LogP contribution in [0.3, 0.4) is 0 Å². The lowest BCUT2D eigenvalue weighted by molar-refractivity contribution is 0.664. The van der Waals surface area contributed by atoms with Crippen LogP contribution >= 0.6 is 15.9 Å². The Labute approximate surface area is 99.7 Å². The lowest BCUT2D eigenvalue weighted by Crippen LogP contribution is -2.16. The second-order valence-corrected chi connectivity index (χ2v) is 4.85. The summed E-state index contributed by atoms with van der Waals surface area (Å²) in [6, 6.07) is 8.08. The molecule has 0 saturated carbocycles. The average molecular weight is 269 g/mol. The third kappa shape index (κ3) is 4.47. The summed E-state index contributed by atoms with van der Waals surface area (Å²) in [6.45, 7) is 5.07. The molecule has 15 heavy (non-hydrogen) atoms. The molecule has 2 nitrogen and oxygen atoms in total. The minimum atomic E-state index is 0.558. The van der Waals surface area contributed by atoms with Crippen molar-refractivity contribution in [3.8, 4) is 0 Å². The number of hydrogen-bond acceptors (Lipinski definition) is 1. The molecule has 82 valence electrons. The predicted molar refractivity (Wildman–Crippen MR) is 69.2 cm³/mol. The van der Waals surface area contributed by atoms with Crippen molar-refractivity contribution in [3.63, 3.8) is 0 Å². The summed E-state index contributed by atoms with van der Waals surface area (Å²) in [6.07, 6.45) is 0.716. The largest absolute Gasteiger partial charge is 0.387 e. The lowest BCUT2D eigenvalue weighted by atomic mass is 10.1. The smallest absolute Gasteiger partial charge is 0.0981 e. The van der Waals surface area contributed by atoms with Crippen LogP contribution in [-0.2, 0) is 6.42 Å². The average Bonchev–Trinajstić information content (AvgIpc) is 2.18. The molecule has 3 heteroatoms. The molecule has 2 N–H and O–H groups in total. The monoisotopic (exact) mass is 268 g/mol. The zero-order valence-electron chi connectivity index (χ0n) is 9.20. The first-order valence-electron chi connectivity index (χ1n) is 5.11. The molecule has 0 aliphatic carbocycles. The number of nitrogens with zero attached hydrogens (tertiary/aromatic N) is 1. The van der Waals surface area contributed by atoms with E-state index >= 15 is 0 Å². The van der Waals surface area contributed by atoms with Gasteiger partial charge < -0.3 is 5.73 Å². The van der Waals surface area contributed by atoms with Crippen LogP contribution in [0, 0.1) is 5.92 Å². The Hall–Kier alpha value is -0.830. The first kappa shape index (κ1) is 12.2. The summed E-state index contributed by atoms with van der Waals surface area (Å²) in [5, 5.41) is 0. The Kier molecular flexibility index (Phi) is 4.82. The van der Waals surface area contributed by atoms with Crippen molar-refractivity contribution >= 4 is 21.8 Å². The van der Waals surface area contributed by atoms with E-state index in [0.717, 1.165) is 11.0 Å². The maximum absolute atomic E-state index is 5.85. The van der Waals surface area contributed by atoms with E-state index in [1.165, 1.54) is 5.56 Å². The Morgan fingerprint density at radius 3 is 2.67 bits per heavy atom. The summed E-state index contributed by atoms with van der Waals surface area (Å²) >= 11 is 3.49. The molecule has 1 rings (SSSR count). The van der Waals surface area contributed by atoms with E-state index in [1.54, 1.807) is 0 Å². The van der Waals surface area contributed by atoms with E-state index in [9.17, 15) is 0 Å². The molecule has 0 spiro atoms. The van der Waals surface area contributed by atoms with Crippen molar-refractivity contribution in [2.24, 2.45) is 16.6 Å². The van der Waals surface area contributed by atoms with Gasteiger partial charge in [-0.2, -0.15) is 0 Å². The number of aliphatic imine (C=N–C) groups is 1. The van der Waals surface area contributed by atoms with Crippen LogP contribution in [0.1, 0.15) is 19.4 Å².